The third-order valence-corrected chi connectivity index (χ3v) is 8.40. The molecule has 0 saturated carbocycles. The Morgan fingerprint density at radius 3 is 2.15 bits per heavy atom. The fraction of sp³-hybridized carbons (Fsp3) is 0.375. The number of nitrogens with one attached hydrogen (secondary N) is 1. The first-order valence-corrected chi connectivity index (χ1v) is 15.3. The van der Waals surface area contributed by atoms with Gasteiger partial charge in [0.05, 0.1) is 17.2 Å². The molecule has 3 rings (SSSR count). The molecule has 0 fully saturated rings. The standard InChI is InChI=1S/C32H41N3O5S/c1-7-40-29-15-13-28(14-16-29)35(41(38,39)30-17-11-24(4)12-18-30)22-31(36)34(21-27-10-8-9-25(5)19-27)26(6)32(37)33-20-23(2)3/h8-19,23,26H,7,20-22H2,1-6H3,(H,33,37)/t26-/m0/s1. The summed E-state index contributed by atoms with van der Waals surface area (Å²) >= 11 is 0. The average Bonchev–Trinajstić information content (AvgIpc) is 2.93. The van der Waals surface area contributed by atoms with Gasteiger partial charge >= 0.3 is 0 Å². The van der Waals surface area contributed by atoms with Crippen LogP contribution in [0.2, 0.25) is 0 Å². The topological polar surface area (TPSA) is 96.0 Å². The van der Waals surface area contributed by atoms with Crippen molar-refractivity contribution < 1.29 is 22.7 Å². The Balaban J connectivity index is 2.02. The molecular formula is C32H41N3O5S. The van der Waals surface area contributed by atoms with E-state index in [9.17, 15) is 18.0 Å². The van der Waals surface area contributed by atoms with Crippen LogP contribution in [0.15, 0.2) is 77.7 Å². The fourth-order valence-electron chi connectivity index (χ4n) is 4.28. The van der Waals surface area contributed by atoms with Gasteiger partial charge in [0.25, 0.3) is 10.0 Å². The Morgan fingerprint density at radius 1 is 0.902 bits per heavy atom. The zero-order chi connectivity index (χ0) is 30.2. The molecule has 0 saturated heterocycles. The highest BCUT2D eigenvalue weighted by Crippen LogP contribution is 2.27. The number of amides is 2. The molecule has 9 heteroatoms. The molecule has 0 spiro atoms. The molecule has 3 aromatic rings. The number of carbonyl (C=O) groups excluding carboxylic acids is 2. The van der Waals surface area contributed by atoms with E-state index in [1.807, 2.05) is 58.9 Å². The van der Waals surface area contributed by atoms with Crippen LogP contribution >= 0.6 is 0 Å². The van der Waals surface area contributed by atoms with Crippen LogP contribution in [0.1, 0.15) is 44.4 Å². The minimum Gasteiger partial charge on any atom is -0.494 e. The van der Waals surface area contributed by atoms with Crippen LogP contribution in [-0.2, 0) is 26.2 Å². The molecular weight excluding hydrogens is 538 g/mol. The molecule has 2 amide bonds. The van der Waals surface area contributed by atoms with Gasteiger partial charge in [0, 0.05) is 13.1 Å². The molecule has 0 radical (unpaired) electrons. The third kappa shape index (κ3) is 8.57. The minimum atomic E-state index is -4.13. The summed E-state index contributed by atoms with van der Waals surface area (Å²) in [6, 6.07) is 19.9. The second-order valence-electron chi connectivity index (χ2n) is 10.6. The van der Waals surface area contributed by atoms with Gasteiger partial charge in [0.15, 0.2) is 0 Å². The van der Waals surface area contributed by atoms with Crippen molar-refractivity contribution in [3.63, 3.8) is 0 Å². The van der Waals surface area contributed by atoms with Gasteiger partial charge in [-0.25, -0.2) is 8.42 Å². The van der Waals surface area contributed by atoms with Crippen molar-refractivity contribution in [2.24, 2.45) is 5.92 Å². The van der Waals surface area contributed by atoms with Gasteiger partial charge in [-0.05, 0) is 75.6 Å². The number of nitrogens with zero attached hydrogens (tertiary/aromatic N) is 2. The van der Waals surface area contributed by atoms with E-state index in [0.717, 1.165) is 21.0 Å². The molecule has 41 heavy (non-hydrogen) atoms. The van der Waals surface area contributed by atoms with E-state index >= 15 is 0 Å². The number of ether oxygens (including phenoxy) is 1. The Hall–Kier alpha value is -3.85. The van der Waals surface area contributed by atoms with Crippen molar-refractivity contribution in [1.82, 2.24) is 10.2 Å². The molecule has 0 aromatic heterocycles. The number of anilines is 1. The van der Waals surface area contributed by atoms with Crippen LogP contribution in [0.4, 0.5) is 5.69 Å². The SMILES string of the molecule is CCOc1ccc(N(CC(=O)N(Cc2cccc(C)c2)[C@@H](C)C(=O)NCC(C)C)S(=O)(=O)c2ccc(C)cc2)cc1. The first-order chi connectivity index (χ1) is 19.4. The molecule has 0 aliphatic rings. The third-order valence-electron chi connectivity index (χ3n) is 6.61. The van der Waals surface area contributed by atoms with E-state index in [4.69, 9.17) is 4.74 Å². The molecule has 220 valence electrons. The number of hydrogen-bond acceptors (Lipinski definition) is 5. The van der Waals surface area contributed by atoms with Gasteiger partial charge in [-0.15, -0.1) is 0 Å². The second-order valence-corrected chi connectivity index (χ2v) is 12.4. The van der Waals surface area contributed by atoms with Crippen LogP contribution in [-0.4, -0.2) is 50.9 Å². The highest BCUT2D eigenvalue weighted by Gasteiger charge is 2.32. The lowest BCUT2D eigenvalue weighted by Crippen LogP contribution is -2.51. The van der Waals surface area contributed by atoms with E-state index in [0.29, 0.717) is 24.6 Å². The van der Waals surface area contributed by atoms with E-state index < -0.39 is 28.5 Å². The van der Waals surface area contributed by atoms with Crippen molar-refractivity contribution in [2.45, 2.75) is 59.0 Å². The van der Waals surface area contributed by atoms with Crippen LogP contribution in [0.25, 0.3) is 0 Å². The first-order valence-electron chi connectivity index (χ1n) is 13.9. The smallest absolute Gasteiger partial charge is 0.264 e. The summed E-state index contributed by atoms with van der Waals surface area (Å²) in [5.74, 6) is 0.0330. The average molecular weight is 580 g/mol. The fourth-order valence-corrected chi connectivity index (χ4v) is 5.70. The Kier molecular flexibility index (Phi) is 10.9. The number of aryl methyl sites for hydroxylation is 2. The second kappa shape index (κ2) is 14.2. The van der Waals surface area contributed by atoms with Gasteiger partial charge in [-0.3, -0.25) is 13.9 Å². The zero-order valence-corrected chi connectivity index (χ0v) is 25.6. The van der Waals surface area contributed by atoms with Crippen LogP contribution in [0, 0.1) is 19.8 Å². The van der Waals surface area contributed by atoms with E-state index in [2.05, 4.69) is 5.32 Å². The molecule has 0 aliphatic heterocycles. The highest BCUT2D eigenvalue weighted by molar-refractivity contribution is 7.92. The largest absolute Gasteiger partial charge is 0.494 e. The summed E-state index contributed by atoms with van der Waals surface area (Å²) in [4.78, 5) is 28.6. The lowest BCUT2D eigenvalue weighted by Gasteiger charge is -2.32. The maximum absolute atomic E-state index is 14.0. The summed E-state index contributed by atoms with van der Waals surface area (Å²) in [6.07, 6.45) is 0. The molecule has 0 heterocycles. The van der Waals surface area contributed by atoms with E-state index in [1.165, 1.54) is 17.0 Å². The van der Waals surface area contributed by atoms with Crippen molar-refractivity contribution in [3.8, 4) is 5.75 Å². The molecule has 0 aliphatic carbocycles. The maximum Gasteiger partial charge on any atom is 0.264 e. The Bertz CT molecular complexity index is 1420. The monoisotopic (exact) mass is 579 g/mol. The summed E-state index contributed by atoms with van der Waals surface area (Å²) in [5.41, 5.74) is 3.09. The molecule has 3 aromatic carbocycles. The predicted molar refractivity (Wildman–Crippen MR) is 162 cm³/mol. The minimum absolute atomic E-state index is 0.0674. The summed E-state index contributed by atoms with van der Waals surface area (Å²) < 4.78 is 34.5. The normalized spacial score (nSPS) is 12.1. The molecule has 1 atom stereocenters. The predicted octanol–water partition coefficient (Wildman–Crippen LogP) is 5.09. The van der Waals surface area contributed by atoms with Gasteiger partial charge in [-0.2, -0.15) is 0 Å². The molecule has 8 nitrogen and oxygen atoms in total. The van der Waals surface area contributed by atoms with Crippen LogP contribution in [0.3, 0.4) is 0 Å². The van der Waals surface area contributed by atoms with Gasteiger partial charge < -0.3 is 15.0 Å². The number of hydrogen-bond donors (Lipinski definition) is 1. The Morgan fingerprint density at radius 2 is 1.56 bits per heavy atom. The number of benzene rings is 3. The van der Waals surface area contributed by atoms with Crippen molar-refractivity contribution in [2.75, 3.05) is 24.0 Å². The van der Waals surface area contributed by atoms with Gasteiger partial charge in [-0.1, -0.05) is 61.4 Å². The summed E-state index contributed by atoms with van der Waals surface area (Å²) in [5, 5.41) is 2.90. The quantitative estimate of drug-likeness (QED) is 0.305. The maximum atomic E-state index is 14.0. The lowest BCUT2D eigenvalue weighted by atomic mass is 10.1. The van der Waals surface area contributed by atoms with Crippen molar-refractivity contribution >= 4 is 27.5 Å². The van der Waals surface area contributed by atoms with E-state index in [-0.39, 0.29) is 23.3 Å². The summed E-state index contributed by atoms with van der Waals surface area (Å²) in [6.45, 7) is 11.9. The highest BCUT2D eigenvalue weighted by atomic mass is 32.2. The van der Waals surface area contributed by atoms with Crippen LogP contribution < -0.4 is 14.4 Å². The van der Waals surface area contributed by atoms with E-state index in [1.54, 1.807) is 43.3 Å². The van der Waals surface area contributed by atoms with Crippen molar-refractivity contribution in [1.29, 1.82) is 0 Å². The molecule has 0 bridgehead atoms. The number of carbonyl (C=O) groups is 2. The van der Waals surface area contributed by atoms with Gasteiger partial charge in [0.1, 0.15) is 18.3 Å². The molecule has 0 unspecified atom stereocenters. The van der Waals surface area contributed by atoms with Crippen molar-refractivity contribution in [3.05, 3.63) is 89.5 Å². The number of rotatable bonds is 13. The Labute approximate surface area is 244 Å². The molecule has 1 N–H and O–H groups in total. The zero-order valence-electron chi connectivity index (χ0n) is 24.8. The number of sulfonamides is 1. The summed E-state index contributed by atoms with van der Waals surface area (Å²) in [7, 11) is -4.13. The lowest BCUT2D eigenvalue weighted by molar-refractivity contribution is -0.139. The van der Waals surface area contributed by atoms with Gasteiger partial charge in [0.2, 0.25) is 11.8 Å². The van der Waals surface area contributed by atoms with Crippen LogP contribution in [0.5, 0.6) is 5.75 Å². The first kappa shape index (κ1) is 31.7.